The van der Waals surface area contributed by atoms with Gasteiger partial charge in [-0.05, 0) is 31.9 Å². The zero-order valence-electron chi connectivity index (χ0n) is 18.1. The molecule has 2 aliphatic rings. The van der Waals surface area contributed by atoms with Gasteiger partial charge in [0.1, 0.15) is 11.6 Å². The Morgan fingerprint density at radius 2 is 1.72 bits per heavy atom. The van der Waals surface area contributed by atoms with Crippen LogP contribution in [0.3, 0.4) is 0 Å². The summed E-state index contributed by atoms with van der Waals surface area (Å²) in [6.45, 7) is 4.19. The van der Waals surface area contributed by atoms with Crippen LogP contribution in [0.2, 0.25) is 0 Å². The van der Waals surface area contributed by atoms with E-state index in [1.165, 1.54) is 10.5 Å². The fourth-order valence-corrected chi connectivity index (χ4v) is 5.32. The molecule has 0 radical (unpaired) electrons. The van der Waals surface area contributed by atoms with Gasteiger partial charge in [-0.1, -0.05) is 18.2 Å². The molecule has 3 rings (SSSR count). The third kappa shape index (κ3) is 5.47. The molecule has 0 spiro atoms. The predicted molar refractivity (Wildman–Crippen MR) is 116 cm³/mol. The summed E-state index contributed by atoms with van der Waals surface area (Å²) in [6, 6.07) is 10.2. The number of rotatable bonds is 6. The number of nitrogens with zero attached hydrogens (tertiary/aromatic N) is 4. The van der Waals surface area contributed by atoms with Gasteiger partial charge in [0.25, 0.3) is 5.91 Å². The maximum atomic E-state index is 12.8. The Labute approximate surface area is 188 Å². The molecule has 2 aliphatic heterocycles. The Kier molecular flexibility index (Phi) is 7.88. The molecule has 0 aromatic heterocycles. The van der Waals surface area contributed by atoms with E-state index in [-0.39, 0.29) is 41.4 Å². The Hall–Kier alpha value is -2.90. The van der Waals surface area contributed by atoms with E-state index < -0.39 is 10.0 Å². The number of likely N-dealkylation sites (tertiary alicyclic amines) is 1. The van der Waals surface area contributed by atoms with Gasteiger partial charge in [0.2, 0.25) is 10.0 Å². The SMILES string of the molecule is CCOC(=O)C1CCN(C(=O)/C(C#N)=C\N2CCN(S(=O)(=O)c3ccccc3)CC2)CC1. The molecule has 32 heavy (non-hydrogen) atoms. The minimum atomic E-state index is -3.56. The van der Waals surface area contributed by atoms with Crippen molar-refractivity contribution in [2.24, 2.45) is 5.92 Å². The van der Waals surface area contributed by atoms with Gasteiger partial charge >= 0.3 is 5.97 Å². The minimum Gasteiger partial charge on any atom is -0.466 e. The quantitative estimate of drug-likeness (QED) is 0.356. The molecule has 2 saturated heterocycles. The van der Waals surface area contributed by atoms with Crippen LogP contribution in [0, 0.1) is 17.2 Å². The number of hydrogen-bond acceptors (Lipinski definition) is 7. The average Bonchev–Trinajstić information content (AvgIpc) is 2.83. The smallest absolute Gasteiger partial charge is 0.309 e. The fraction of sp³-hybridized carbons (Fsp3) is 0.500. The summed E-state index contributed by atoms with van der Waals surface area (Å²) in [6.07, 6.45) is 2.55. The van der Waals surface area contributed by atoms with Crippen molar-refractivity contribution in [3.8, 4) is 6.07 Å². The molecule has 0 atom stereocenters. The average molecular weight is 461 g/mol. The first-order valence-electron chi connectivity index (χ1n) is 10.7. The second-order valence-corrected chi connectivity index (χ2v) is 9.66. The molecule has 1 amide bonds. The molecule has 1 aromatic rings. The van der Waals surface area contributed by atoms with Crippen molar-refractivity contribution in [2.75, 3.05) is 45.9 Å². The standard InChI is InChI=1S/C22H28N4O5S/c1-2-31-22(28)18-8-10-25(11-9-18)21(27)19(16-23)17-24-12-14-26(15-13-24)32(29,30)20-6-4-3-5-7-20/h3-7,17-18H,2,8-15H2,1H3/b19-17-. The van der Waals surface area contributed by atoms with Crippen LogP contribution in [-0.2, 0) is 24.3 Å². The maximum absolute atomic E-state index is 12.8. The predicted octanol–water partition coefficient (Wildman–Crippen LogP) is 1.20. The number of amides is 1. The number of piperazine rings is 1. The number of benzene rings is 1. The van der Waals surface area contributed by atoms with Gasteiger partial charge in [-0.15, -0.1) is 0 Å². The zero-order chi connectivity index (χ0) is 23.1. The molecule has 9 nitrogen and oxygen atoms in total. The molecule has 0 unspecified atom stereocenters. The van der Waals surface area contributed by atoms with Crippen molar-refractivity contribution >= 4 is 21.9 Å². The first-order valence-corrected chi connectivity index (χ1v) is 12.2. The maximum Gasteiger partial charge on any atom is 0.309 e. The Bertz CT molecular complexity index is 987. The summed E-state index contributed by atoms with van der Waals surface area (Å²) in [5.74, 6) is -0.818. The largest absolute Gasteiger partial charge is 0.466 e. The van der Waals surface area contributed by atoms with Crippen LogP contribution < -0.4 is 0 Å². The molecule has 0 aliphatic carbocycles. The molecule has 1 aromatic carbocycles. The third-order valence-electron chi connectivity index (χ3n) is 5.72. The van der Waals surface area contributed by atoms with E-state index in [2.05, 4.69) is 0 Å². The van der Waals surface area contributed by atoms with Gasteiger partial charge in [0.05, 0.1) is 17.4 Å². The summed E-state index contributed by atoms with van der Waals surface area (Å²) < 4.78 is 32.0. The molecular weight excluding hydrogens is 432 g/mol. The van der Waals surface area contributed by atoms with Crippen LogP contribution in [0.25, 0.3) is 0 Å². The van der Waals surface area contributed by atoms with Gasteiger partial charge in [-0.3, -0.25) is 9.59 Å². The van der Waals surface area contributed by atoms with Crippen molar-refractivity contribution in [2.45, 2.75) is 24.7 Å². The molecule has 172 valence electrons. The lowest BCUT2D eigenvalue weighted by Crippen LogP contribution is -2.47. The van der Waals surface area contributed by atoms with Crippen LogP contribution in [-0.4, -0.2) is 80.3 Å². The second kappa shape index (κ2) is 10.6. The van der Waals surface area contributed by atoms with Crippen LogP contribution >= 0.6 is 0 Å². The van der Waals surface area contributed by atoms with Crippen LogP contribution in [0.1, 0.15) is 19.8 Å². The highest BCUT2D eigenvalue weighted by Gasteiger charge is 2.31. The van der Waals surface area contributed by atoms with E-state index in [0.717, 1.165) is 0 Å². The highest BCUT2D eigenvalue weighted by Crippen LogP contribution is 2.21. The van der Waals surface area contributed by atoms with Gasteiger partial charge in [0, 0.05) is 45.5 Å². The molecule has 0 N–H and O–H groups in total. The van der Waals surface area contributed by atoms with E-state index in [4.69, 9.17) is 4.74 Å². The number of piperidine rings is 1. The molecule has 0 bridgehead atoms. The molecule has 2 heterocycles. The summed E-state index contributed by atoms with van der Waals surface area (Å²) >= 11 is 0. The summed E-state index contributed by atoms with van der Waals surface area (Å²) in [4.78, 5) is 28.3. The van der Waals surface area contributed by atoms with E-state index in [0.29, 0.717) is 45.6 Å². The van der Waals surface area contributed by atoms with Gasteiger partial charge in [0.15, 0.2) is 0 Å². The topological polar surface area (TPSA) is 111 Å². The minimum absolute atomic E-state index is 0.0129. The lowest BCUT2D eigenvalue weighted by molar-refractivity contribution is -0.150. The van der Waals surface area contributed by atoms with Crippen molar-refractivity contribution in [1.82, 2.24) is 14.1 Å². The van der Waals surface area contributed by atoms with E-state index in [1.807, 2.05) is 6.07 Å². The summed E-state index contributed by atoms with van der Waals surface area (Å²) in [7, 11) is -3.56. The normalized spacial score (nSPS) is 18.8. The van der Waals surface area contributed by atoms with Crippen molar-refractivity contribution in [1.29, 1.82) is 5.26 Å². The number of hydrogen-bond donors (Lipinski definition) is 0. The number of carbonyl (C=O) groups is 2. The highest BCUT2D eigenvalue weighted by molar-refractivity contribution is 7.89. The van der Waals surface area contributed by atoms with E-state index in [9.17, 15) is 23.3 Å². The van der Waals surface area contributed by atoms with Crippen LogP contribution in [0.5, 0.6) is 0 Å². The first-order chi connectivity index (χ1) is 15.4. The highest BCUT2D eigenvalue weighted by atomic mass is 32.2. The number of carbonyl (C=O) groups excluding carboxylic acids is 2. The first kappa shape index (κ1) is 23.8. The van der Waals surface area contributed by atoms with Gasteiger partial charge in [-0.25, -0.2) is 8.42 Å². The van der Waals surface area contributed by atoms with E-state index in [1.54, 1.807) is 47.1 Å². The molecule has 10 heteroatoms. The van der Waals surface area contributed by atoms with Crippen molar-refractivity contribution in [3.63, 3.8) is 0 Å². The number of sulfonamides is 1. The van der Waals surface area contributed by atoms with Crippen molar-refractivity contribution in [3.05, 3.63) is 42.1 Å². The monoisotopic (exact) mass is 460 g/mol. The molecular formula is C22H28N4O5S. The van der Waals surface area contributed by atoms with E-state index >= 15 is 0 Å². The fourth-order valence-electron chi connectivity index (χ4n) is 3.88. The Balaban J connectivity index is 1.57. The summed E-state index contributed by atoms with van der Waals surface area (Å²) in [5.41, 5.74) is 0.0129. The lowest BCUT2D eigenvalue weighted by Gasteiger charge is -2.34. The molecule has 0 saturated carbocycles. The van der Waals surface area contributed by atoms with Gasteiger partial charge < -0.3 is 14.5 Å². The third-order valence-corrected chi connectivity index (χ3v) is 7.63. The van der Waals surface area contributed by atoms with Gasteiger partial charge in [-0.2, -0.15) is 9.57 Å². The Morgan fingerprint density at radius 1 is 1.09 bits per heavy atom. The number of esters is 1. The second-order valence-electron chi connectivity index (χ2n) is 7.73. The Morgan fingerprint density at radius 3 is 2.28 bits per heavy atom. The lowest BCUT2D eigenvalue weighted by atomic mass is 9.96. The zero-order valence-corrected chi connectivity index (χ0v) is 19.0. The number of nitriles is 1. The van der Waals surface area contributed by atoms with Crippen LogP contribution in [0.15, 0.2) is 47.0 Å². The van der Waals surface area contributed by atoms with Crippen LogP contribution in [0.4, 0.5) is 0 Å². The summed E-state index contributed by atoms with van der Waals surface area (Å²) in [5, 5.41) is 9.52. The van der Waals surface area contributed by atoms with Crippen molar-refractivity contribution < 1.29 is 22.7 Å². The molecule has 2 fully saturated rings. The number of ether oxygens (including phenoxy) is 1.